The summed E-state index contributed by atoms with van der Waals surface area (Å²) in [7, 11) is 0. The average Bonchev–Trinajstić information content (AvgIpc) is 2.87. The molecule has 2 aromatic carbocycles. The summed E-state index contributed by atoms with van der Waals surface area (Å²) in [5, 5.41) is 0. The van der Waals surface area contributed by atoms with Gasteiger partial charge in [-0.3, -0.25) is 4.79 Å². The monoisotopic (exact) mass is 347 g/mol. The van der Waals surface area contributed by atoms with Crippen LogP contribution in [0.25, 0.3) is 0 Å². The predicted octanol–water partition coefficient (Wildman–Crippen LogP) is 5.12. The first-order valence-electron chi connectivity index (χ1n) is 8.46. The lowest BCUT2D eigenvalue weighted by Gasteiger charge is -2.25. The molecule has 0 N–H and O–H groups in total. The summed E-state index contributed by atoms with van der Waals surface area (Å²) in [6, 6.07) is 14.6. The molecule has 0 aliphatic carbocycles. The van der Waals surface area contributed by atoms with Crippen molar-refractivity contribution in [2.75, 3.05) is 13.1 Å². The van der Waals surface area contributed by atoms with Gasteiger partial charge in [-0.2, -0.15) is 13.2 Å². The van der Waals surface area contributed by atoms with E-state index in [4.69, 9.17) is 0 Å². The molecule has 1 unspecified atom stereocenters. The molecule has 2 nitrogen and oxygen atoms in total. The number of likely N-dealkylation sites (tertiary alicyclic amines) is 1. The molecule has 25 heavy (non-hydrogen) atoms. The zero-order valence-electron chi connectivity index (χ0n) is 13.8. The topological polar surface area (TPSA) is 20.3 Å². The number of rotatable bonds is 2. The van der Waals surface area contributed by atoms with Crippen LogP contribution < -0.4 is 0 Å². The fraction of sp³-hybridized carbons (Fsp3) is 0.350. The van der Waals surface area contributed by atoms with Gasteiger partial charge >= 0.3 is 6.18 Å². The molecule has 1 fully saturated rings. The summed E-state index contributed by atoms with van der Waals surface area (Å²) in [5.41, 5.74) is 0.776. The van der Waals surface area contributed by atoms with Crippen LogP contribution in [0.5, 0.6) is 0 Å². The van der Waals surface area contributed by atoms with Crippen LogP contribution in [0.3, 0.4) is 0 Å². The van der Waals surface area contributed by atoms with Gasteiger partial charge in [0.25, 0.3) is 5.91 Å². The second-order valence-electron chi connectivity index (χ2n) is 6.43. The third-order valence-electron chi connectivity index (χ3n) is 4.69. The molecule has 132 valence electrons. The van der Waals surface area contributed by atoms with Crippen molar-refractivity contribution >= 4 is 5.91 Å². The van der Waals surface area contributed by atoms with Gasteiger partial charge in [-0.05, 0) is 42.7 Å². The highest BCUT2D eigenvalue weighted by Gasteiger charge is 2.31. The molecule has 1 aliphatic rings. The Labute approximate surface area is 145 Å². The molecule has 0 saturated carbocycles. The second kappa shape index (κ2) is 7.30. The maximum absolute atomic E-state index is 12.7. The zero-order chi connectivity index (χ0) is 17.9. The van der Waals surface area contributed by atoms with Crippen LogP contribution in [0.4, 0.5) is 13.2 Å². The van der Waals surface area contributed by atoms with Crippen molar-refractivity contribution in [3.63, 3.8) is 0 Å². The number of carbonyl (C=O) groups excluding carboxylic acids is 1. The normalized spacial score (nSPS) is 18.7. The van der Waals surface area contributed by atoms with Crippen LogP contribution in [0.2, 0.25) is 0 Å². The number of hydrogen-bond donors (Lipinski definition) is 0. The fourth-order valence-corrected chi connectivity index (χ4v) is 3.31. The average molecular weight is 347 g/mol. The van der Waals surface area contributed by atoms with Crippen molar-refractivity contribution in [1.29, 1.82) is 0 Å². The van der Waals surface area contributed by atoms with Crippen molar-refractivity contribution in [3.8, 4) is 0 Å². The van der Waals surface area contributed by atoms with E-state index in [-0.39, 0.29) is 11.8 Å². The number of benzene rings is 2. The molecule has 3 rings (SSSR count). The maximum Gasteiger partial charge on any atom is 0.416 e. The predicted molar refractivity (Wildman–Crippen MR) is 90.4 cm³/mol. The van der Waals surface area contributed by atoms with Crippen LogP contribution in [-0.4, -0.2) is 23.9 Å². The summed E-state index contributed by atoms with van der Waals surface area (Å²) in [6.45, 7) is 1.24. The summed E-state index contributed by atoms with van der Waals surface area (Å²) >= 11 is 0. The molecule has 1 aliphatic heterocycles. The van der Waals surface area contributed by atoms with E-state index < -0.39 is 11.7 Å². The maximum atomic E-state index is 12.7. The van der Waals surface area contributed by atoms with E-state index in [1.807, 2.05) is 18.2 Å². The van der Waals surface area contributed by atoms with Gasteiger partial charge in [-0.15, -0.1) is 0 Å². The summed E-state index contributed by atoms with van der Waals surface area (Å²) in [6.07, 6.45) is -1.42. The van der Waals surface area contributed by atoms with E-state index in [0.717, 1.165) is 31.4 Å². The van der Waals surface area contributed by atoms with Crippen LogP contribution in [-0.2, 0) is 6.18 Å². The lowest BCUT2D eigenvalue weighted by atomic mass is 9.94. The molecular formula is C20H20F3NO. The minimum atomic E-state index is -4.39. The Morgan fingerprint density at radius 3 is 2.28 bits per heavy atom. The van der Waals surface area contributed by atoms with Crippen molar-refractivity contribution < 1.29 is 18.0 Å². The third-order valence-corrected chi connectivity index (χ3v) is 4.69. The molecule has 1 atom stereocenters. The first kappa shape index (κ1) is 17.5. The van der Waals surface area contributed by atoms with Crippen LogP contribution >= 0.6 is 0 Å². The van der Waals surface area contributed by atoms with Crippen molar-refractivity contribution in [1.82, 2.24) is 4.90 Å². The van der Waals surface area contributed by atoms with E-state index in [9.17, 15) is 18.0 Å². The van der Waals surface area contributed by atoms with Crippen LogP contribution in [0.1, 0.15) is 46.7 Å². The van der Waals surface area contributed by atoms with Gasteiger partial charge in [0.1, 0.15) is 0 Å². The van der Waals surface area contributed by atoms with E-state index in [2.05, 4.69) is 12.1 Å². The molecule has 1 amide bonds. The molecule has 0 bridgehead atoms. The Hall–Kier alpha value is -2.30. The highest BCUT2D eigenvalue weighted by atomic mass is 19.4. The molecule has 2 aromatic rings. The highest BCUT2D eigenvalue weighted by Crippen LogP contribution is 2.30. The molecule has 1 heterocycles. The second-order valence-corrected chi connectivity index (χ2v) is 6.43. The molecule has 0 aromatic heterocycles. The lowest BCUT2D eigenvalue weighted by molar-refractivity contribution is -0.137. The molecule has 0 spiro atoms. The van der Waals surface area contributed by atoms with Gasteiger partial charge < -0.3 is 4.90 Å². The van der Waals surface area contributed by atoms with Gasteiger partial charge in [-0.1, -0.05) is 36.8 Å². The number of hydrogen-bond acceptors (Lipinski definition) is 1. The molecule has 0 radical (unpaired) electrons. The summed E-state index contributed by atoms with van der Waals surface area (Å²) in [4.78, 5) is 14.5. The Balaban J connectivity index is 1.76. The van der Waals surface area contributed by atoms with Crippen molar-refractivity contribution in [3.05, 3.63) is 71.3 Å². The van der Waals surface area contributed by atoms with Gasteiger partial charge in [0, 0.05) is 24.6 Å². The largest absolute Gasteiger partial charge is 0.416 e. The van der Waals surface area contributed by atoms with Gasteiger partial charge in [0.05, 0.1) is 5.56 Å². The summed E-state index contributed by atoms with van der Waals surface area (Å²) in [5.74, 6) is 0.0682. The van der Waals surface area contributed by atoms with Crippen LogP contribution in [0, 0.1) is 0 Å². The first-order chi connectivity index (χ1) is 11.9. The zero-order valence-corrected chi connectivity index (χ0v) is 13.8. The number of alkyl halides is 3. The van der Waals surface area contributed by atoms with E-state index in [1.54, 1.807) is 4.90 Å². The minimum absolute atomic E-state index is 0.198. The number of amides is 1. The smallest absolute Gasteiger partial charge is 0.338 e. The Morgan fingerprint density at radius 1 is 0.960 bits per heavy atom. The standard InChI is InChI=1S/C20H20F3NO/c21-20(22,23)18-11-9-16(10-12-18)19(25)24-13-5-4-8-17(14-24)15-6-2-1-3-7-15/h1-3,6-7,9-12,17H,4-5,8,13-14H2. The van der Waals surface area contributed by atoms with Gasteiger partial charge in [0.15, 0.2) is 0 Å². The molecular weight excluding hydrogens is 327 g/mol. The van der Waals surface area contributed by atoms with Crippen molar-refractivity contribution in [2.24, 2.45) is 0 Å². The van der Waals surface area contributed by atoms with Crippen LogP contribution in [0.15, 0.2) is 54.6 Å². The van der Waals surface area contributed by atoms with Gasteiger partial charge in [-0.25, -0.2) is 0 Å². The Bertz CT molecular complexity index is 710. The number of carbonyl (C=O) groups is 1. The molecule has 1 saturated heterocycles. The molecule has 5 heteroatoms. The third kappa shape index (κ3) is 4.21. The van der Waals surface area contributed by atoms with E-state index >= 15 is 0 Å². The summed E-state index contributed by atoms with van der Waals surface area (Å²) < 4.78 is 38.0. The SMILES string of the molecule is O=C(c1ccc(C(F)(F)F)cc1)N1CCCCC(c2ccccc2)C1. The first-order valence-corrected chi connectivity index (χ1v) is 8.46. The van der Waals surface area contributed by atoms with E-state index in [1.165, 1.54) is 17.7 Å². The number of nitrogens with zero attached hydrogens (tertiary/aromatic N) is 1. The minimum Gasteiger partial charge on any atom is -0.338 e. The van der Waals surface area contributed by atoms with Gasteiger partial charge in [0.2, 0.25) is 0 Å². The lowest BCUT2D eigenvalue weighted by Crippen LogP contribution is -2.34. The number of halogens is 3. The van der Waals surface area contributed by atoms with E-state index in [0.29, 0.717) is 18.7 Å². The Kier molecular flexibility index (Phi) is 5.11. The van der Waals surface area contributed by atoms with Crippen molar-refractivity contribution in [2.45, 2.75) is 31.4 Å². The quantitative estimate of drug-likeness (QED) is 0.739. The highest BCUT2D eigenvalue weighted by molar-refractivity contribution is 5.94. The Morgan fingerprint density at radius 2 is 1.64 bits per heavy atom. The fourth-order valence-electron chi connectivity index (χ4n) is 3.31.